The minimum Gasteiger partial charge on any atom is -0.406 e. The van der Waals surface area contributed by atoms with Crippen LogP contribution in [0.25, 0.3) is 0 Å². The van der Waals surface area contributed by atoms with Crippen molar-refractivity contribution >= 4 is 18.0 Å². The fraction of sp³-hybridized carbons (Fsp3) is 0.333. The van der Waals surface area contributed by atoms with E-state index in [1.165, 1.54) is 16.3 Å². The third-order valence-electron chi connectivity index (χ3n) is 2.69. The largest absolute Gasteiger partial charge is 0.425 e. The average Bonchev–Trinajstić information content (AvgIpc) is 2.88. The van der Waals surface area contributed by atoms with Crippen LogP contribution in [0, 0.1) is 0 Å². The number of carbonyl (C=O) groups excluding carboxylic acids is 1. The summed E-state index contributed by atoms with van der Waals surface area (Å²) in [4.78, 5) is 13.0. The predicted octanol–water partition coefficient (Wildman–Crippen LogP) is 3.78. The van der Waals surface area contributed by atoms with Gasteiger partial charge in [-0.1, -0.05) is 18.2 Å². The molecule has 0 radical (unpaired) electrons. The first kappa shape index (κ1) is 15.4. The predicted molar refractivity (Wildman–Crippen MR) is 83.3 cm³/mol. The number of nitrogens with zero attached hydrogens (tertiary/aromatic N) is 3. The molecule has 2 aromatic rings. The quantitative estimate of drug-likeness (QED) is 0.810. The summed E-state index contributed by atoms with van der Waals surface area (Å²) in [6.07, 6.45) is 2.83. The van der Waals surface area contributed by atoms with E-state index >= 15 is 0 Å². The van der Waals surface area contributed by atoms with Gasteiger partial charge in [-0.2, -0.15) is 5.10 Å². The molecule has 1 amide bonds. The first-order valence-corrected chi connectivity index (χ1v) is 7.37. The van der Waals surface area contributed by atoms with Gasteiger partial charge >= 0.3 is 6.09 Å². The zero-order valence-electron chi connectivity index (χ0n) is 12.6. The van der Waals surface area contributed by atoms with Crippen LogP contribution in [0.1, 0.15) is 20.8 Å². The van der Waals surface area contributed by atoms with Gasteiger partial charge < -0.3 is 4.74 Å². The monoisotopic (exact) mass is 305 g/mol. The number of hydrogen-bond donors (Lipinski definition) is 0. The summed E-state index contributed by atoms with van der Waals surface area (Å²) in [5, 5.41) is 4.20. The molecule has 0 atom stereocenters. The Morgan fingerprint density at radius 2 is 1.95 bits per heavy atom. The molecule has 0 saturated carbocycles. The fourth-order valence-corrected chi connectivity index (χ4v) is 2.27. The van der Waals surface area contributed by atoms with Gasteiger partial charge in [0.1, 0.15) is 0 Å². The first-order valence-electron chi connectivity index (χ1n) is 6.60. The maximum Gasteiger partial charge on any atom is 0.425 e. The van der Waals surface area contributed by atoms with Gasteiger partial charge in [-0.05, 0) is 44.9 Å². The van der Waals surface area contributed by atoms with Gasteiger partial charge in [0.2, 0.25) is 0 Å². The highest BCUT2D eigenvalue weighted by molar-refractivity contribution is 7.97. The summed E-state index contributed by atoms with van der Waals surface area (Å²) in [7, 11) is 1.67. The Kier molecular flexibility index (Phi) is 4.57. The van der Waals surface area contributed by atoms with Crippen LogP contribution in [0.3, 0.4) is 0 Å². The molecule has 0 fully saturated rings. The zero-order valence-corrected chi connectivity index (χ0v) is 13.4. The van der Waals surface area contributed by atoms with Crippen molar-refractivity contribution < 1.29 is 9.53 Å². The normalized spacial score (nSPS) is 11.2. The van der Waals surface area contributed by atoms with Crippen molar-refractivity contribution in [1.29, 1.82) is 0 Å². The molecule has 1 aromatic carbocycles. The van der Waals surface area contributed by atoms with E-state index in [1.54, 1.807) is 24.1 Å². The summed E-state index contributed by atoms with van der Waals surface area (Å²) in [5.74, 6) is 0.440. The number of rotatable bonds is 3. The Morgan fingerprint density at radius 3 is 2.52 bits per heavy atom. The molecule has 0 bridgehead atoms. The van der Waals surface area contributed by atoms with Crippen LogP contribution in [0.4, 0.5) is 4.79 Å². The molecule has 0 spiro atoms. The topological polar surface area (TPSA) is 47.4 Å². The van der Waals surface area contributed by atoms with Gasteiger partial charge in [-0.15, -0.1) is 0 Å². The van der Waals surface area contributed by atoms with Gasteiger partial charge in [0.25, 0.3) is 0 Å². The molecule has 112 valence electrons. The lowest BCUT2D eigenvalue weighted by molar-refractivity contribution is 0.187. The van der Waals surface area contributed by atoms with E-state index in [9.17, 15) is 4.79 Å². The van der Waals surface area contributed by atoms with E-state index in [1.807, 2.05) is 51.1 Å². The number of carbonyl (C=O) groups is 1. The van der Waals surface area contributed by atoms with Crippen LogP contribution >= 0.6 is 11.9 Å². The Hall–Kier alpha value is -1.95. The Balaban J connectivity index is 1.96. The molecule has 0 aliphatic heterocycles. The second-order valence-electron chi connectivity index (χ2n) is 5.56. The minimum atomic E-state index is -0.433. The van der Waals surface area contributed by atoms with Crippen LogP contribution in [0.15, 0.2) is 47.6 Å². The third kappa shape index (κ3) is 4.26. The number of amides is 1. The maximum absolute atomic E-state index is 12.0. The lowest BCUT2D eigenvalue weighted by atomic mass is 10.1. The molecular formula is C15H19N3O2S. The van der Waals surface area contributed by atoms with E-state index in [0.717, 1.165) is 4.90 Å². The van der Waals surface area contributed by atoms with Crippen LogP contribution in [0.5, 0.6) is 5.75 Å². The lowest BCUT2D eigenvalue weighted by Crippen LogP contribution is -2.23. The van der Waals surface area contributed by atoms with Crippen LogP contribution in [-0.4, -0.2) is 27.2 Å². The van der Waals surface area contributed by atoms with Gasteiger partial charge in [0.15, 0.2) is 5.75 Å². The van der Waals surface area contributed by atoms with Crippen LogP contribution in [-0.2, 0) is 5.54 Å². The molecular weight excluding hydrogens is 286 g/mol. The number of benzene rings is 1. The summed E-state index contributed by atoms with van der Waals surface area (Å²) in [6.45, 7) is 6.09. The van der Waals surface area contributed by atoms with Gasteiger partial charge in [-0.25, -0.2) is 9.10 Å². The third-order valence-corrected chi connectivity index (χ3v) is 3.60. The summed E-state index contributed by atoms with van der Waals surface area (Å²) >= 11 is 1.31. The van der Waals surface area contributed by atoms with Crippen LogP contribution in [0.2, 0.25) is 0 Å². The molecule has 0 N–H and O–H groups in total. The smallest absolute Gasteiger partial charge is 0.406 e. The van der Waals surface area contributed by atoms with E-state index < -0.39 is 6.09 Å². The molecule has 0 aliphatic rings. The molecule has 0 saturated heterocycles. The van der Waals surface area contributed by atoms with Crippen molar-refractivity contribution in [3.63, 3.8) is 0 Å². The average molecular weight is 305 g/mol. The van der Waals surface area contributed by atoms with Crippen molar-refractivity contribution in [1.82, 2.24) is 14.1 Å². The number of ether oxygens (including phenoxy) is 1. The Labute approximate surface area is 129 Å². The maximum atomic E-state index is 12.0. The molecule has 1 aromatic heterocycles. The van der Waals surface area contributed by atoms with Crippen molar-refractivity contribution in [3.05, 3.63) is 42.7 Å². The second-order valence-corrected chi connectivity index (χ2v) is 6.76. The zero-order chi connectivity index (χ0) is 15.5. The van der Waals surface area contributed by atoms with E-state index in [0.29, 0.717) is 5.75 Å². The van der Waals surface area contributed by atoms with Crippen molar-refractivity contribution in [2.75, 3.05) is 7.05 Å². The molecule has 0 unspecified atom stereocenters. The van der Waals surface area contributed by atoms with E-state index in [4.69, 9.17) is 4.74 Å². The van der Waals surface area contributed by atoms with Gasteiger partial charge in [0, 0.05) is 11.9 Å². The molecule has 21 heavy (non-hydrogen) atoms. The highest BCUT2D eigenvalue weighted by atomic mass is 32.2. The second kappa shape index (κ2) is 6.22. The lowest BCUT2D eigenvalue weighted by Gasteiger charge is -2.18. The summed E-state index contributed by atoms with van der Waals surface area (Å²) in [6, 6.07) is 9.66. The summed E-state index contributed by atoms with van der Waals surface area (Å²) in [5.41, 5.74) is -0.144. The number of hydrogen-bond acceptors (Lipinski definition) is 4. The highest BCUT2D eigenvalue weighted by Gasteiger charge is 2.17. The number of aromatic nitrogens is 2. The molecule has 1 heterocycles. The van der Waals surface area contributed by atoms with Crippen molar-refractivity contribution in [2.45, 2.75) is 31.2 Å². The van der Waals surface area contributed by atoms with E-state index in [-0.39, 0.29) is 5.54 Å². The van der Waals surface area contributed by atoms with E-state index in [2.05, 4.69) is 5.10 Å². The molecule has 6 heteroatoms. The Bertz CT molecular complexity index is 605. The summed E-state index contributed by atoms with van der Waals surface area (Å²) < 4.78 is 8.52. The SMILES string of the molecule is CN(Sc1ccccc1)C(=O)Oc1cnn(C(C)(C)C)c1. The molecule has 2 rings (SSSR count). The van der Waals surface area contributed by atoms with Gasteiger partial charge in [0.05, 0.1) is 17.9 Å². The van der Waals surface area contributed by atoms with Gasteiger partial charge in [-0.3, -0.25) is 4.68 Å². The Morgan fingerprint density at radius 1 is 1.29 bits per heavy atom. The fourth-order valence-electron chi connectivity index (χ4n) is 1.57. The molecule has 5 nitrogen and oxygen atoms in total. The van der Waals surface area contributed by atoms with Crippen molar-refractivity contribution in [3.8, 4) is 5.75 Å². The molecule has 0 aliphatic carbocycles. The standard InChI is InChI=1S/C15H19N3O2S/c1-15(2,3)18-11-12(10-16-18)20-14(19)17(4)21-13-8-6-5-7-9-13/h5-11H,1-4H3. The minimum absolute atomic E-state index is 0.144. The highest BCUT2D eigenvalue weighted by Crippen LogP contribution is 2.23. The first-order chi connectivity index (χ1) is 9.86. The van der Waals surface area contributed by atoms with Crippen molar-refractivity contribution in [2.24, 2.45) is 0 Å². The van der Waals surface area contributed by atoms with Crippen LogP contribution < -0.4 is 4.74 Å².